The molecule has 2 aromatic carbocycles. The van der Waals surface area contributed by atoms with Crippen molar-refractivity contribution in [3.63, 3.8) is 0 Å². The van der Waals surface area contributed by atoms with E-state index >= 15 is 0 Å². The van der Waals surface area contributed by atoms with Crippen molar-refractivity contribution in [3.8, 4) is 0 Å². The fourth-order valence-electron chi connectivity index (χ4n) is 3.80. The van der Waals surface area contributed by atoms with E-state index in [9.17, 15) is 9.59 Å². The van der Waals surface area contributed by atoms with Crippen molar-refractivity contribution >= 4 is 11.9 Å². The van der Waals surface area contributed by atoms with Crippen LogP contribution in [0, 0.1) is 5.92 Å². The lowest BCUT2D eigenvalue weighted by Gasteiger charge is -2.42. The van der Waals surface area contributed by atoms with Gasteiger partial charge < -0.3 is 14.2 Å². The number of carbonyl (C=O) groups is 2. The molecule has 1 fully saturated rings. The van der Waals surface area contributed by atoms with Crippen LogP contribution in [0.4, 0.5) is 0 Å². The molecular formula is C24H29NO5. The Labute approximate surface area is 177 Å². The Hall–Kier alpha value is -2.70. The second-order valence-electron chi connectivity index (χ2n) is 7.65. The molecule has 3 atom stereocenters. The van der Waals surface area contributed by atoms with Gasteiger partial charge in [-0.05, 0) is 11.1 Å². The van der Waals surface area contributed by atoms with E-state index in [-0.39, 0.29) is 30.6 Å². The second-order valence-corrected chi connectivity index (χ2v) is 7.65. The largest absolute Gasteiger partial charge is 0.465 e. The van der Waals surface area contributed by atoms with Crippen molar-refractivity contribution < 1.29 is 23.8 Å². The maximum Gasteiger partial charge on any atom is 0.303 e. The number of hydrogen-bond acceptors (Lipinski definition) is 6. The van der Waals surface area contributed by atoms with Gasteiger partial charge in [-0.15, -0.1) is 0 Å². The van der Waals surface area contributed by atoms with Crippen LogP contribution in [-0.4, -0.2) is 48.7 Å². The summed E-state index contributed by atoms with van der Waals surface area (Å²) in [6, 6.07) is 20.1. The minimum atomic E-state index is -0.474. The fraction of sp³-hybridized carbons (Fsp3) is 0.417. The van der Waals surface area contributed by atoms with E-state index in [2.05, 4.69) is 17.0 Å². The molecule has 1 unspecified atom stereocenters. The van der Waals surface area contributed by atoms with Gasteiger partial charge in [0.2, 0.25) is 0 Å². The van der Waals surface area contributed by atoms with Gasteiger partial charge >= 0.3 is 11.9 Å². The molecule has 2 aromatic rings. The second kappa shape index (κ2) is 10.9. The van der Waals surface area contributed by atoms with Crippen LogP contribution < -0.4 is 0 Å². The Morgan fingerprint density at radius 3 is 2.13 bits per heavy atom. The summed E-state index contributed by atoms with van der Waals surface area (Å²) in [5.74, 6) is -0.882. The van der Waals surface area contributed by atoms with Crippen molar-refractivity contribution in [2.24, 2.45) is 5.92 Å². The molecule has 6 heteroatoms. The van der Waals surface area contributed by atoms with Crippen molar-refractivity contribution in [3.05, 3.63) is 71.8 Å². The van der Waals surface area contributed by atoms with Crippen molar-refractivity contribution in [2.75, 3.05) is 19.7 Å². The molecule has 1 heterocycles. The third-order valence-electron chi connectivity index (χ3n) is 5.12. The lowest BCUT2D eigenvalue weighted by atomic mass is 9.92. The third kappa shape index (κ3) is 6.68. The van der Waals surface area contributed by atoms with Crippen LogP contribution in [-0.2, 0) is 37.0 Å². The summed E-state index contributed by atoms with van der Waals surface area (Å²) in [7, 11) is 0. The molecule has 30 heavy (non-hydrogen) atoms. The van der Waals surface area contributed by atoms with E-state index in [1.807, 2.05) is 48.5 Å². The number of carbonyl (C=O) groups excluding carboxylic acids is 2. The summed E-state index contributed by atoms with van der Waals surface area (Å²) in [6.45, 7) is 5.39. The number of piperidine rings is 1. The maximum absolute atomic E-state index is 11.8. The molecule has 1 saturated heterocycles. The predicted octanol–water partition coefficient (Wildman–Crippen LogP) is 3.20. The number of esters is 2. The van der Waals surface area contributed by atoms with Crippen LogP contribution >= 0.6 is 0 Å². The highest BCUT2D eigenvalue weighted by Crippen LogP contribution is 2.26. The topological polar surface area (TPSA) is 65.1 Å². The van der Waals surface area contributed by atoms with Gasteiger partial charge in [0.15, 0.2) is 0 Å². The first-order chi connectivity index (χ1) is 14.5. The number of hydrogen-bond donors (Lipinski definition) is 0. The monoisotopic (exact) mass is 411 g/mol. The normalized spacial score (nSPS) is 21.7. The number of likely N-dealkylation sites (tertiary alicyclic amines) is 1. The zero-order valence-corrected chi connectivity index (χ0v) is 17.5. The predicted molar refractivity (Wildman–Crippen MR) is 112 cm³/mol. The molecule has 160 valence electrons. The molecule has 1 aliphatic rings. The SMILES string of the molecule is CC(=O)OCC1CN(Cc2ccccc2)C[C@@H](OCc2ccccc2)[C@H]1OC(C)=O. The van der Waals surface area contributed by atoms with E-state index in [0.717, 1.165) is 12.1 Å². The molecule has 0 aliphatic carbocycles. The molecule has 0 spiro atoms. The van der Waals surface area contributed by atoms with Crippen LogP contribution in [0.25, 0.3) is 0 Å². The minimum Gasteiger partial charge on any atom is -0.465 e. The van der Waals surface area contributed by atoms with Crippen molar-refractivity contribution in [2.45, 2.75) is 39.2 Å². The standard InChI is InChI=1S/C24H29NO5/c1-18(26)28-17-22-14-25(13-20-9-5-3-6-10-20)15-23(24(22)30-19(2)27)29-16-21-11-7-4-8-12-21/h3-12,22-24H,13-17H2,1-2H3/t22?,23-,24+/m1/s1. The van der Waals surface area contributed by atoms with Gasteiger partial charge in [-0.3, -0.25) is 14.5 Å². The van der Waals surface area contributed by atoms with Crippen molar-refractivity contribution in [1.82, 2.24) is 4.90 Å². The minimum absolute atomic E-state index is 0.170. The van der Waals surface area contributed by atoms with Crippen LogP contribution in [0.1, 0.15) is 25.0 Å². The zero-order valence-electron chi connectivity index (χ0n) is 17.5. The van der Waals surface area contributed by atoms with E-state index < -0.39 is 6.10 Å². The zero-order chi connectivity index (χ0) is 21.3. The van der Waals surface area contributed by atoms with Gasteiger partial charge in [-0.2, -0.15) is 0 Å². The van der Waals surface area contributed by atoms with Crippen LogP contribution in [0.3, 0.4) is 0 Å². The summed E-state index contributed by atoms with van der Waals surface area (Å²) in [5.41, 5.74) is 2.24. The van der Waals surface area contributed by atoms with Gasteiger partial charge in [-0.25, -0.2) is 0 Å². The highest BCUT2D eigenvalue weighted by molar-refractivity contribution is 5.66. The van der Waals surface area contributed by atoms with E-state index in [1.54, 1.807) is 0 Å². The summed E-state index contributed by atoms with van der Waals surface area (Å²) in [5, 5.41) is 0. The van der Waals surface area contributed by atoms with E-state index in [4.69, 9.17) is 14.2 Å². The molecule has 0 N–H and O–H groups in total. The lowest BCUT2D eigenvalue weighted by Crippen LogP contribution is -2.55. The maximum atomic E-state index is 11.8. The number of nitrogens with zero attached hydrogens (tertiary/aromatic N) is 1. The average Bonchev–Trinajstić information content (AvgIpc) is 2.73. The summed E-state index contributed by atoms with van der Waals surface area (Å²) < 4.78 is 17.2. The summed E-state index contributed by atoms with van der Waals surface area (Å²) in [6.07, 6.45) is -0.801. The lowest BCUT2D eigenvalue weighted by molar-refractivity contribution is -0.177. The Kier molecular flexibility index (Phi) is 7.99. The van der Waals surface area contributed by atoms with Crippen LogP contribution in [0.15, 0.2) is 60.7 Å². The van der Waals surface area contributed by atoms with Gasteiger partial charge in [0.25, 0.3) is 0 Å². The van der Waals surface area contributed by atoms with Gasteiger partial charge in [0.1, 0.15) is 12.2 Å². The van der Waals surface area contributed by atoms with E-state index in [0.29, 0.717) is 19.7 Å². The Morgan fingerprint density at radius 2 is 1.53 bits per heavy atom. The first-order valence-corrected chi connectivity index (χ1v) is 10.2. The molecule has 0 radical (unpaired) electrons. The molecule has 1 aliphatic heterocycles. The summed E-state index contributed by atoms with van der Waals surface area (Å²) >= 11 is 0. The third-order valence-corrected chi connectivity index (χ3v) is 5.12. The smallest absolute Gasteiger partial charge is 0.303 e. The molecule has 0 aromatic heterocycles. The van der Waals surface area contributed by atoms with Gasteiger partial charge in [0.05, 0.1) is 13.2 Å². The van der Waals surface area contributed by atoms with E-state index in [1.165, 1.54) is 19.4 Å². The van der Waals surface area contributed by atoms with Gasteiger partial charge in [-0.1, -0.05) is 60.7 Å². The number of rotatable bonds is 8. The molecule has 0 bridgehead atoms. The van der Waals surface area contributed by atoms with Crippen LogP contribution in [0.2, 0.25) is 0 Å². The molecule has 3 rings (SSSR count). The first-order valence-electron chi connectivity index (χ1n) is 10.2. The quantitative estimate of drug-likeness (QED) is 0.622. The molecule has 0 amide bonds. The molecule has 0 saturated carbocycles. The fourth-order valence-corrected chi connectivity index (χ4v) is 3.80. The summed E-state index contributed by atoms with van der Waals surface area (Å²) in [4.78, 5) is 25.5. The van der Waals surface area contributed by atoms with Crippen molar-refractivity contribution in [1.29, 1.82) is 0 Å². The highest BCUT2D eigenvalue weighted by Gasteiger charge is 2.40. The average molecular weight is 411 g/mol. The number of benzene rings is 2. The van der Waals surface area contributed by atoms with Crippen LogP contribution in [0.5, 0.6) is 0 Å². The van der Waals surface area contributed by atoms with Gasteiger partial charge in [0, 0.05) is 39.4 Å². The Balaban J connectivity index is 1.76. The number of ether oxygens (including phenoxy) is 3. The molecular weight excluding hydrogens is 382 g/mol. The highest BCUT2D eigenvalue weighted by atomic mass is 16.6. The Bertz CT molecular complexity index is 811. The first kappa shape index (κ1) is 22.0. The Morgan fingerprint density at radius 1 is 0.900 bits per heavy atom. The molecule has 6 nitrogen and oxygen atoms in total.